The minimum atomic E-state index is -0.186. The summed E-state index contributed by atoms with van der Waals surface area (Å²) in [6.45, 7) is 0. The van der Waals surface area contributed by atoms with E-state index in [1.165, 1.54) is 0 Å². The zero-order chi connectivity index (χ0) is 11.7. The number of aromatic nitrogens is 2. The first-order chi connectivity index (χ1) is 8.36. The van der Waals surface area contributed by atoms with Crippen molar-refractivity contribution in [1.82, 2.24) is 9.97 Å². The molecule has 1 atom stereocenters. The SMILES string of the molecule is NC(c1cscn1)c1cccc2ncccc12. The molecule has 0 radical (unpaired) electrons. The third-order valence-electron chi connectivity index (χ3n) is 2.78. The van der Waals surface area contributed by atoms with E-state index < -0.39 is 0 Å². The standard InChI is InChI=1S/C13H11N3S/c14-13(12-7-17-8-16-12)10-3-1-5-11-9(10)4-2-6-15-11/h1-8,13H,14H2. The highest BCUT2D eigenvalue weighted by Crippen LogP contribution is 2.25. The van der Waals surface area contributed by atoms with Gasteiger partial charge in [0, 0.05) is 17.0 Å². The Balaban J connectivity index is 2.17. The average Bonchev–Trinajstić information content (AvgIpc) is 2.91. The first-order valence-corrected chi connectivity index (χ1v) is 6.28. The van der Waals surface area contributed by atoms with Gasteiger partial charge in [-0.15, -0.1) is 11.3 Å². The van der Waals surface area contributed by atoms with Crippen LogP contribution in [-0.2, 0) is 0 Å². The first kappa shape index (κ1) is 10.4. The lowest BCUT2D eigenvalue weighted by Gasteiger charge is -2.12. The summed E-state index contributed by atoms with van der Waals surface area (Å²) in [7, 11) is 0. The number of nitrogens with zero attached hydrogens (tertiary/aromatic N) is 2. The summed E-state index contributed by atoms with van der Waals surface area (Å²) in [5.74, 6) is 0. The summed E-state index contributed by atoms with van der Waals surface area (Å²) < 4.78 is 0. The highest BCUT2D eigenvalue weighted by atomic mass is 32.1. The van der Waals surface area contributed by atoms with Crippen molar-refractivity contribution in [3.63, 3.8) is 0 Å². The number of benzene rings is 1. The number of thiazole rings is 1. The van der Waals surface area contributed by atoms with Crippen LogP contribution >= 0.6 is 11.3 Å². The van der Waals surface area contributed by atoms with Crippen LogP contribution in [0.4, 0.5) is 0 Å². The van der Waals surface area contributed by atoms with E-state index in [1.54, 1.807) is 23.0 Å². The van der Waals surface area contributed by atoms with Crippen molar-refractivity contribution in [1.29, 1.82) is 0 Å². The lowest BCUT2D eigenvalue weighted by atomic mass is 10.0. The second kappa shape index (κ2) is 4.24. The average molecular weight is 241 g/mol. The Morgan fingerprint density at radius 2 is 2.06 bits per heavy atom. The molecule has 0 amide bonds. The van der Waals surface area contributed by atoms with Crippen molar-refractivity contribution in [3.05, 3.63) is 58.7 Å². The number of nitrogens with two attached hydrogens (primary N) is 1. The van der Waals surface area contributed by atoms with Gasteiger partial charge in [0.15, 0.2) is 0 Å². The van der Waals surface area contributed by atoms with E-state index in [0.29, 0.717) is 0 Å². The molecule has 2 aromatic heterocycles. The second-order valence-electron chi connectivity index (χ2n) is 3.81. The molecule has 4 heteroatoms. The van der Waals surface area contributed by atoms with Gasteiger partial charge < -0.3 is 5.73 Å². The van der Waals surface area contributed by atoms with Gasteiger partial charge in [0.25, 0.3) is 0 Å². The number of fused-ring (bicyclic) bond motifs is 1. The minimum Gasteiger partial charge on any atom is -0.319 e. The van der Waals surface area contributed by atoms with Crippen molar-refractivity contribution in [2.24, 2.45) is 5.73 Å². The van der Waals surface area contributed by atoms with Gasteiger partial charge in [-0.2, -0.15) is 0 Å². The monoisotopic (exact) mass is 241 g/mol. The topological polar surface area (TPSA) is 51.8 Å². The molecular weight excluding hydrogens is 230 g/mol. The Hall–Kier alpha value is -1.78. The summed E-state index contributed by atoms with van der Waals surface area (Å²) in [6.07, 6.45) is 1.79. The molecular formula is C13H11N3S. The van der Waals surface area contributed by atoms with Crippen LogP contribution in [-0.4, -0.2) is 9.97 Å². The smallest absolute Gasteiger partial charge is 0.0795 e. The molecule has 17 heavy (non-hydrogen) atoms. The van der Waals surface area contributed by atoms with Crippen LogP contribution in [0.1, 0.15) is 17.3 Å². The largest absolute Gasteiger partial charge is 0.319 e. The molecule has 2 N–H and O–H groups in total. The van der Waals surface area contributed by atoms with Crippen LogP contribution in [0.5, 0.6) is 0 Å². The first-order valence-electron chi connectivity index (χ1n) is 5.33. The van der Waals surface area contributed by atoms with E-state index in [4.69, 9.17) is 5.73 Å². The highest BCUT2D eigenvalue weighted by molar-refractivity contribution is 7.07. The predicted molar refractivity (Wildman–Crippen MR) is 69.9 cm³/mol. The van der Waals surface area contributed by atoms with Crippen LogP contribution in [0.25, 0.3) is 10.9 Å². The maximum Gasteiger partial charge on any atom is 0.0795 e. The molecule has 0 bridgehead atoms. The Kier molecular flexibility index (Phi) is 2.59. The van der Waals surface area contributed by atoms with Crippen LogP contribution < -0.4 is 5.73 Å². The van der Waals surface area contributed by atoms with Gasteiger partial charge in [-0.25, -0.2) is 4.98 Å². The molecule has 3 aromatic rings. The Morgan fingerprint density at radius 3 is 2.88 bits per heavy atom. The van der Waals surface area contributed by atoms with Crippen molar-refractivity contribution >= 4 is 22.2 Å². The number of hydrogen-bond donors (Lipinski definition) is 1. The normalized spacial score (nSPS) is 12.8. The molecule has 0 fully saturated rings. The molecule has 0 saturated heterocycles. The van der Waals surface area contributed by atoms with Crippen molar-refractivity contribution < 1.29 is 0 Å². The quantitative estimate of drug-likeness (QED) is 0.750. The van der Waals surface area contributed by atoms with Gasteiger partial charge in [-0.1, -0.05) is 18.2 Å². The van der Waals surface area contributed by atoms with E-state index in [1.807, 2.05) is 35.7 Å². The summed E-state index contributed by atoms with van der Waals surface area (Å²) in [4.78, 5) is 8.60. The third kappa shape index (κ3) is 1.81. The number of hydrogen-bond acceptors (Lipinski definition) is 4. The van der Waals surface area contributed by atoms with E-state index in [9.17, 15) is 0 Å². The lowest BCUT2D eigenvalue weighted by molar-refractivity contribution is 0.846. The van der Waals surface area contributed by atoms with Crippen molar-refractivity contribution in [2.75, 3.05) is 0 Å². The lowest BCUT2D eigenvalue weighted by Crippen LogP contribution is -2.12. The molecule has 0 spiro atoms. The molecule has 0 aliphatic heterocycles. The van der Waals surface area contributed by atoms with Gasteiger partial charge in [-0.05, 0) is 17.7 Å². The van der Waals surface area contributed by atoms with Crippen molar-refractivity contribution in [2.45, 2.75) is 6.04 Å². The number of pyridine rings is 1. The molecule has 3 rings (SSSR count). The molecule has 3 nitrogen and oxygen atoms in total. The zero-order valence-corrected chi connectivity index (χ0v) is 9.89. The molecule has 2 heterocycles. The summed E-state index contributed by atoms with van der Waals surface area (Å²) in [5.41, 5.74) is 11.0. The fourth-order valence-electron chi connectivity index (χ4n) is 1.93. The fourth-order valence-corrected chi connectivity index (χ4v) is 2.52. The molecule has 0 saturated carbocycles. The van der Waals surface area contributed by atoms with E-state index in [-0.39, 0.29) is 6.04 Å². The molecule has 1 aromatic carbocycles. The second-order valence-corrected chi connectivity index (χ2v) is 4.53. The van der Waals surface area contributed by atoms with E-state index >= 15 is 0 Å². The van der Waals surface area contributed by atoms with Gasteiger partial charge >= 0.3 is 0 Å². The van der Waals surface area contributed by atoms with Gasteiger partial charge in [0.1, 0.15) is 0 Å². The third-order valence-corrected chi connectivity index (χ3v) is 3.39. The van der Waals surface area contributed by atoms with E-state index in [0.717, 1.165) is 22.2 Å². The van der Waals surface area contributed by atoms with Gasteiger partial charge in [0.05, 0.1) is 22.8 Å². The molecule has 1 unspecified atom stereocenters. The molecule has 0 aliphatic rings. The zero-order valence-electron chi connectivity index (χ0n) is 9.08. The van der Waals surface area contributed by atoms with Gasteiger partial charge in [0.2, 0.25) is 0 Å². The molecule has 84 valence electrons. The Labute approximate surface area is 103 Å². The highest BCUT2D eigenvalue weighted by Gasteiger charge is 2.13. The number of rotatable bonds is 2. The van der Waals surface area contributed by atoms with Crippen LogP contribution in [0.3, 0.4) is 0 Å². The fraction of sp³-hybridized carbons (Fsp3) is 0.0769. The van der Waals surface area contributed by atoms with Crippen LogP contribution in [0.2, 0.25) is 0 Å². The summed E-state index contributed by atoms with van der Waals surface area (Å²) in [6, 6.07) is 9.80. The van der Waals surface area contributed by atoms with Crippen LogP contribution in [0, 0.1) is 0 Å². The molecule has 0 aliphatic carbocycles. The maximum absolute atomic E-state index is 6.24. The van der Waals surface area contributed by atoms with Crippen molar-refractivity contribution in [3.8, 4) is 0 Å². The summed E-state index contributed by atoms with van der Waals surface area (Å²) >= 11 is 1.56. The Bertz CT molecular complexity index is 629. The predicted octanol–water partition coefficient (Wildman–Crippen LogP) is 2.74. The maximum atomic E-state index is 6.24. The van der Waals surface area contributed by atoms with Crippen LogP contribution in [0.15, 0.2) is 47.4 Å². The minimum absolute atomic E-state index is 0.186. The summed E-state index contributed by atoms with van der Waals surface area (Å²) in [5, 5.41) is 3.08. The van der Waals surface area contributed by atoms with E-state index in [2.05, 4.69) is 9.97 Å². The Morgan fingerprint density at radius 1 is 1.12 bits per heavy atom. The van der Waals surface area contributed by atoms with Gasteiger partial charge in [-0.3, -0.25) is 4.98 Å².